The summed E-state index contributed by atoms with van der Waals surface area (Å²) in [6.07, 6.45) is 3.81. The zero-order valence-corrected chi connectivity index (χ0v) is 9.62. The molecule has 5 heteroatoms. The number of amides is 1. The minimum atomic E-state index is -0.607. The van der Waals surface area contributed by atoms with Crippen LogP contribution in [0, 0.1) is 0 Å². The number of carbonyl (C=O) groups is 2. The zero-order valence-electron chi connectivity index (χ0n) is 8.86. The van der Waals surface area contributed by atoms with Crippen molar-refractivity contribution < 1.29 is 14.7 Å². The van der Waals surface area contributed by atoms with Crippen LogP contribution in [-0.4, -0.2) is 39.7 Å². The largest absolute Gasteiger partial charge is 0.395 e. The van der Waals surface area contributed by atoms with E-state index < -0.39 is 16.6 Å². The van der Waals surface area contributed by atoms with E-state index >= 15 is 0 Å². The first-order valence-electron chi connectivity index (χ1n) is 5.04. The Morgan fingerprint density at radius 2 is 2.25 bits per heavy atom. The highest BCUT2D eigenvalue weighted by Crippen LogP contribution is 2.37. The molecule has 2 aliphatic rings. The van der Waals surface area contributed by atoms with Crippen molar-refractivity contribution in [1.29, 1.82) is 0 Å². The predicted molar refractivity (Wildman–Crippen MR) is 58.8 cm³/mol. The van der Waals surface area contributed by atoms with E-state index in [1.54, 1.807) is 19.1 Å². The third-order valence-electron chi connectivity index (χ3n) is 2.75. The summed E-state index contributed by atoms with van der Waals surface area (Å²) in [6, 6.07) is 0. The van der Waals surface area contributed by atoms with Gasteiger partial charge in [-0.05, 0) is 13.0 Å². The summed E-state index contributed by atoms with van der Waals surface area (Å²) in [5, 5.41) is 8.85. The van der Waals surface area contributed by atoms with Gasteiger partial charge in [0.2, 0.25) is 5.78 Å². The van der Waals surface area contributed by atoms with Crippen LogP contribution in [0.15, 0.2) is 23.4 Å². The van der Waals surface area contributed by atoms with E-state index in [1.165, 1.54) is 4.90 Å². The minimum absolute atomic E-state index is 0.146. The summed E-state index contributed by atoms with van der Waals surface area (Å²) in [5.41, 5.74) is 1.04. The number of aliphatic hydroxyl groups excluding tert-OH is 1. The van der Waals surface area contributed by atoms with E-state index in [1.807, 2.05) is 0 Å². The molecule has 0 bridgehead atoms. The van der Waals surface area contributed by atoms with Crippen molar-refractivity contribution in [3.8, 4) is 0 Å². The van der Waals surface area contributed by atoms with Crippen molar-refractivity contribution in [2.24, 2.45) is 0 Å². The Morgan fingerprint density at radius 1 is 1.56 bits per heavy atom. The van der Waals surface area contributed by atoms with Gasteiger partial charge < -0.3 is 10.0 Å². The van der Waals surface area contributed by atoms with Crippen LogP contribution in [0.5, 0.6) is 0 Å². The van der Waals surface area contributed by atoms with E-state index in [9.17, 15) is 9.59 Å². The monoisotopic (exact) mass is 241 g/mol. The number of allylic oxidation sites excluding steroid dienone is 2. The second-order valence-electron chi connectivity index (χ2n) is 4.16. The van der Waals surface area contributed by atoms with Crippen LogP contribution in [0.25, 0.3) is 0 Å². The minimum Gasteiger partial charge on any atom is -0.395 e. The number of alkyl halides is 1. The van der Waals surface area contributed by atoms with Crippen LogP contribution in [-0.2, 0) is 9.59 Å². The Bertz CT molecular complexity index is 423. The first kappa shape index (κ1) is 11.4. The van der Waals surface area contributed by atoms with E-state index in [2.05, 4.69) is 0 Å². The fourth-order valence-corrected chi connectivity index (χ4v) is 2.18. The van der Waals surface area contributed by atoms with Crippen LogP contribution in [0.1, 0.15) is 13.3 Å². The average Bonchev–Trinajstić information content (AvgIpc) is 2.43. The molecule has 0 aromatic heterocycles. The fourth-order valence-electron chi connectivity index (χ4n) is 1.98. The van der Waals surface area contributed by atoms with Gasteiger partial charge in [0, 0.05) is 18.5 Å². The lowest BCUT2D eigenvalue weighted by Gasteiger charge is -2.24. The molecular formula is C11H12ClNO3. The summed E-state index contributed by atoms with van der Waals surface area (Å²) in [7, 11) is 0. The summed E-state index contributed by atoms with van der Waals surface area (Å²) < 4.78 is 0. The maximum Gasteiger partial charge on any atom is 0.299 e. The van der Waals surface area contributed by atoms with E-state index in [4.69, 9.17) is 16.7 Å². The maximum absolute atomic E-state index is 11.7. The number of ketones is 1. The predicted octanol–water partition coefficient (Wildman–Crippen LogP) is 0.602. The van der Waals surface area contributed by atoms with Crippen LogP contribution < -0.4 is 0 Å². The van der Waals surface area contributed by atoms with Crippen LogP contribution in [0.4, 0.5) is 0 Å². The van der Waals surface area contributed by atoms with Crippen LogP contribution >= 0.6 is 11.6 Å². The smallest absolute Gasteiger partial charge is 0.299 e. The Balaban J connectivity index is 2.37. The number of aliphatic hydroxyl groups is 1. The standard InChI is InChI=1S/C11H12ClNO3/c1-11(12)3-2-8-7(6-11)9(15)10(16)13(8)4-5-14/h2-3,14H,4-6H2,1H3. The van der Waals surface area contributed by atoms with Gasteiger partial charge in [0.15, 0.2) is 0 Å². The molecule has 0 fully saturated rings. The molecule has 1 amide bonds. The Morgan fingerprint density at radius 3 is 2.88 bits per heavy atom. The van der Waals surface area contributed by atoms with Crippen molar-refractivity contribution >= 4 is 23.3 Å². The van der Waals surface area contributed by atoms with Gasteiger partial charge in [-0.25, -0.2) is 0 Å². The molecule has 0 aromatic carbocycles. The summed E-state index contributed by atoms with van der Waals surface area (Å²) in [4.78, 5) is 24.0. The first-order chi connectivity index (χ1) is 7.46. The number of hydrogen-bond acceptors (Lipinski definition) is 3. The lowest BCUT2D eigenvalue weighted by atomic mass is 9.92. The third kappa shape index (κ3) is 1.68. The van der Waals surface area contributed by atoms with Gasteiger partial charge in [-0.1, -0.05) is 6.08 Å². The topological polar surface area (TPSA) is 57.6 Å². The molecule has 0 aromatic rings. The molecule has 1 unspecified atom stereocenters. The quantitative estimate of drug-likeness (QED) is 0.569. The number of Topliss-reactive ketones (excluding diaryl/α,β-unsaturated/α-hetero) is 1. The molecule has 0 spiro atoms. The van der Waals surface area contributed by atoms with Crippen LogP contribution in [0.2, 0.25) is 0 Å². The second kappa shape index (κ2) is 3.71. The van der Waals surface area contributed by atoms with Gasteiger partial charge in [-0.2, -0.15) is 0 Å². The van der Waals surface area contributed by atoms with Crippen molar-refractivity contribution in [3.63, 3.8) is 0 Å². The maximum atomic E-state index is 11.7. The van der Waals surface area contributed by atoms with Crippen molar-refractivity contribution in [3.05, 3.63) is 23.4 Å². The fraction of sp³-hybridized carbons (Fsp3) is 0.455. The number of carbonyl (C=O) groups excluding carboxylic acids is 2. The van der Waals surface area contributed by atoms with Gasteiger partial charge in [0.1, 0.15) is 0 Å². The van der Waals surface area contributed by atoms with Crippen LogP contribution in [0.3, 0.4) is 0 Å². The van der Waals surface area contributed by atoms with Gasteiger partial charge in [0.05, 0.1) is 17.2 Å². The number of nitrogens with zero attached hydrogens (tertiary/aromatic N) is 1. The molecule has 1 N–H and O–H groups in total. The number of hydrogen-bond donors (Lipinski definition) is 1. The summed E-state index contributed by atoms with van der Waals surface area (Å²) in [5.74, 6) is -1.07. The number of halogens is 1. The number of rotatable bonds is 2. The zero-order chi connectivity index (χ0) is 11.9. The van der Waals surface area contributed by atoms with Crippen molar-refractivity contribution in [2.75, 3.05) is 13.2 Å². The molecule has 2 rings (SSSR count). The average molecular weight is 242 g/mol. The van der Waals surface area contributed by atoms with E-state index in [-0.39, 0.29) is 13.2 Å². The first-order valence-corrected chi connectivity index (χ1v) is 5.42. The number of β-amino-alcohol motifs (C(OH)–C–C–N with tert-alkyl or cyclic N) is 1. The molecule has 16 heavy (non-hydrogen) atoms. The highest BCUT2D eigenvalue weighted by molar-refractivity contribution is 6.46. The molecular weight excluding hydrogens is 230 g/mol. The highest BCUT2D eigenvalue weighted by Gasteiger charge is 2.41. The van der Waals surface area contributed by atoms with Crippen molar-refractivity contribution in [2.45, 2.75) is 18.2 Å². The molecule has 1 heterocycles. The molecule has 0 saturated heterocycles. The normalized spacial score (nSPS) is 29.1. The summed E-state index contributed by atoms with van der Waals surface area (Å²) in [6.45, 7) is 1.77. The lowest BCUT2D eigenvalue weighted by molar-refractivity contribution is -0.139. The highest BCUT2D eigenvalue weighted by atomic mass is 35.5. The third-order valence-corrected chi connectivity index (χ3v) is 3.01. The van der Waals surface area contributed by atoms with Gasteiger partial charge >= 0.3 is 0 Å². The molecule has 1 atom stereocenters. The second-order valence-corrected chi connectivity index (χ2v) is 5.02. The summed E-state index contributed by atoms with van der Waals surface area (Å²) >= 11 is 6.12. The Hall–Kier alpha value is -1.13. The van der Waals surface area contributed by atoms with Gasteiger partial charge in [-0.3, -0.25) is 9.59 Å². The Labute approximate surface area is 98.2 Å². The Kier molecular flexibility index (Phi) is 2.64. The molecule has 0 radical (unpaired) electrons. The van der Waals surface area contributed by atoms with E-state index in [0.717, 1.165) is 0 Å². The molecule has 0 saturated carbocycles. The van der Waals surface area contributed by atoms with E-state index in [0.29, 0.717) is 17.7 Å². The molecule has 86 valence electrons. The molecule has 4 nitrogen and oxygen atoms in total. The van der Waals surface area contributed by atoms with Gasteiger partial charge in [-0.15, -0.1) is 11.6 Å². The lowest BCUT2D eigenvalue weighted by Crippen LogP contribution is -2.31. The molecule has 1 aliphatic heterocycles. The molecule has 1 aliphatic carbocycles. The van der Waals surface area contributed by atoms with Crippen molar-refractivity contribution in [1.82, 2.24) is 4.90 Å². The SMILES string of the molecule is CC1(Cl)C=CC2=C(C1)C(=O)C(=O)N2CCO. The van der Waals surface area contributed by atoms with Gasteiger partial charge in [0.25, 0.3) is 5.91 Å².